The van der Waals surface area contributed by atoms with Gasteiger partial charge in [-0.25, -0.2) is 0 Å². The van der Waals surface area contributed by atoms with Crippen molar-refractivity contribution in [2.24, 2.45) is 50.2 Å². The minimum absolute atomic E-state index is 0. The molecule has 0 rings (SSSR count). The molecule has 0 N–H and O–H groups in total. The summed E-state index contributed by atoms with van der Waals surface area (Å²) in [5.41, 5.74) is -3.06. The summed E-state index contributed by atoms with van der Waals surface area (Å²) >= 11 is 0. The molecule has 0 aliphatic heterocycles. The van der Waals surface area contributed by atoms with Gasteiger partial charge in [0.1, 0.15) is 0 Å². The van der Waals surface area contributed by atoms with Gasteiger partial charge in [0.2, 0.25) is 0 Å². The maximum Gasteiger partial charge on any atom is 3.00 e. The second-order valence-electron chi connectivity index (χ2n) is 14.7. The van der Waals surface area contributed by atoms with Gasteiger partial charge in [0.15, 0.2) is 0 Å². The molecule has 0 saturated carbocycles. The van der Waals surface area contributed by atoms with Crippen LogP contribution in [0.3, 0.4) is 0 Å². The number of hydrogen-bond acceptors (Lipinski definition) is 6. The second kappa shape index (κ2) is 14.6. The van der Waals surface area contributed by atoms with E-state index in [2.05, 4.69) is 0 Å². The fourth-order valence-electron chi connectivity index (χ4n) is 4.22. The van der Waals surface area contributed by atoms with Crippen LogP contribution in [0.15, 0.2) is 0 Å². The molecule has 37 heavy (non-hydrogen) atoms. The summed E-state index contributed by atoms with van der Waals surface area (Å²) in [7, 11) is 0. The molecule has 0 aromatic heterocycles. The summed E-state index contributed by atoms with van der Waals surface area (Å²) in [6.07, 6.45) is 0. The second-order valence-corrected chi connectivity index (χ2v) is 14.7. The van der Waals surface area contributed by atoms with Gasteiger partial charge in [-0.2, -0.15) is 0 Å². The largest absolute Gasteiger partial charge is 3.00 e. The molecule has 0 amide bonds. The zero-order valence-corrected chi connectivity index (χ0v) is 30.6. The molecule has 0 bridgehead atoms. The molecule has 0 fully saturated rings. The van der Waals surface area contributed by atoms with Crippen molar-refractivity contribution in [3.05, 3.63) is 0 Å². The van der Waals surface area contributed by atoms with Crippen molar-refractivity contribution in [2.45, 2.75) is 125 Å². The van der Waals surface area contributed by atoms with Crippen molar-refractivity contribution in [3.8, 4) is 0 Å². The molecule has 0 heterocycles. The quantitative estimate of drug-likeness (QED) is 0.383. The van der Waals surface area contributed by atoms with Crippen molar-refractivity contribution >= 4 is 44.1 Å². The van der Waals surface area contributed by atoms with Gasteiger partial charge < -0.3 is 29.7 Å². The Morgan fingerprint density at radius 2 is 0.514 bits per heavy atom. The fourth-order valence-corrected chi connectivity index (χ4v) is 4.22. The van der Waals surface area contributed by atoms with E-state index in [0.29, 0.717) is 0 Å². The van der Waals surface area contributed by atoms with Crippen LogP contribution in [-0.4, -0.2) is 44.1 Å². The molecule has 0 aromatic carbocycles. The van der Waals surface area contributed by atoms with E-state index >= 15 is 0 Å². The summed E-state index contributed by atoms with van der Waals surface area (Å²) in [4.78, 5) is 33.0. The van der Waals surface area contributed by atoms with Crippen molar-refractivity contribution in [1.29, 1.82) is 0 Å². The van der Waals surface area contributed by atoms with Crippen molar-refractivity contribution < 1.29 is 29.7 Å². The number of carboxylic acid groups (broad SMARTS) is 3. The van der Waals surface area contributed by atoms with Gasteiger partial charge >= 0.3 is 26.2 Å². The van der Waals surface area contributed by atoms with Crippen LogP contribution in [0, 0.1) is 50.2 Å². The first-order chi connectivity index (χ1) is 15.4. The smallest absolute Gasteiger partial charge is 0.550 e. The summed E-state index contributed by atoms with van der Waals surface area (Å²) in [6.45, 7) is 34.2. The van der Waals surface area contributed by atoms with Crippen LogP contribution in [0.25, 0.3) is 0 Å². The molecule has 0 aromatic rings. The Kier molecular flexibility index (Phi) is 17.1. The van der Waals surface area contributed by atoms with Crippen LogP contribution < -0.4 is 15.3 Å². The normalized spacial score (nSPS) is 17.1. The standard InChI is InChI=1S/3C10H20O2.Bi/c3*1-7(2)10(6,8(11)12)9(3,4)5;/h3*7H,1-6H3,(H,11,12);/q;;;+3/p-3. The molecule has 218 valence electrons. The monoisotopic (exact) mass is 722 g/mol. The van der Waals surface area contributed by atoms with E-state index in [1.54, 1.807) is 20.8 Å². The molecule has 3 unspecified atom stereocenters. The minimum atomic E-state index is -0.954. The SMILES string of the molecule is CC(C)C(C)(C(=O)[O-])C(C)(C)C.CC(C)C(C)(C(=O)[O-])C(C)(C)C.CC(C)C(C)(C(=O)[O-])C(C)(C)C.[Bi+3]. The Hall–Kier alpha value is -0.707. The third-order valence-electron chi connectivity index (χ3n) is 9.41. The Morgan fingerprint density at radius 1 is 0.405 bits per heavy atom. The van der Waals surface area contributed by atoms with Crippen LogP contribution >= 0.6 is 0 Å². The maximum atomic E-state index is 11.0. The molecular weight excluding hydrogens is 665 g/mol. The van der Waals surface area contributed by atoms with Gasteiger partial charge in [-0.05, 0) is 34.0 Å². The number of carbonyl (C=O) groups is 3. The summed E-state index contributed by atoms with van der Waals surface area (Å²) in [5, 5.41) is 33.0. The first-order valence-electron chi connectivity index (χ1n) is 13.1. The van der Waals surface area contributed by atoms with E-state index in [4.69, 9.17) is 0 Å². The first kappa shape index (κ1) is 43.3. The zero-order valence-electron chi connectivity index (χ0n) is 27.1. The van der Waals surface area contributed by atoms with Crippen molar-refractivity contribution in [3.63, 3.8) is 0 Å². The molecule has 0 aliphatic rings. The van der Waals surface area contributed by atoms with Crippen molar-refractivity contribution in [1.82, 2.24) is 0 Å². The Labute approximate surface area is 247 Å². The van der Waals surface area contributed by atoms with Crippen LogP contribution in [0.1, 0.15) is 125 Å². The van der Waals surface area contributed by atoms with E-state index in [0.717, 1.165) is 0 Å². The average molecular weight is 723 g/mol. The number of carboxylic acids is 3. The zero-order chi connectivity index (χ0) is 30.5. The van der Waals surface area contributed by atoms with E-state index in [-0.39, 0.29) is 60.2 Å². The van der Waals surface area contributed by atoms with E-state index in [1.165, 1.54) is 0 Å². The first-order valence-corrected chi connectivity index (χ1v) is 13.1. The van der Waals surface area contributed by atoms with E-state index in [1.807, 2.05) is 104 Å². The fraction of sp³-hybridized carbons (Fsp3) is 0.900. The third-order valence-corrected chi connectivity index (χ3v) is 9.41. The number of carbonyl (C=O) groups excluding carboxylic acids is 3. The van der Waals surface area contributed by atoms with E-state index < -0.39 is 34.2 Å². The minimum Gasteiger partial charge on any atom is -0.550 e. The van der Waals surface area contributed by atoms with Gasteiger partial charge in [-0.1, -0.05) is 125 Å². The van der Waals surface area contributed by atoms with Gasteiger partial charge in [0.05, 0.1) is 0 Å². The molecule has 0 aliphatic carbocycles. The van der Waals surface area contributed by atoms with Crippen LogP contribution in [0.2, 0.25) is 0 Å². The number of hydrogen-bond donors (Lipinski definition) is 0. The van der Waals surface area contributed by atoms with E-state index in [9.17, 15) is 29.7 Å². The van der Waals surface area contributed by atoms with Crippen LogP contribution in [0.4, 0.5) is 0 Å². The third kappa shape index (κ3) is 10.1. The summed E-state index contributed by atoms with van der Waals surface area (Å²) in [5.74, 6) is -2.60. The molecule has 2 radical (unpaired) electrons. The summed E-state index contributed by atoms with van der Waals surface area (Å²) < 4.78 is 0. The molecule has 3 atom stereocenters. The van der Waals surface area contributed by atoms with Crippen molar-refractivity contribution in [2.75, 3.05) is 0 Å². The Morgan fingerprint density at radius 3 is 0.514 bits per heavy atom. The van der Waals surface area contributed by atoms with Gasteiger partial charge in [0, 0.05) is 34.2 Å². The summed E-state index contributed by atoms with van der Waals surface area (Å²) in [6, 6.07) is 0. The molecule has 7 heteroatoms. The van der Waals surface area contributed by atoms with Gasteiger partial charge in [-0.3, -0.25) is 0 Å². The van der Waals surface area contributed by atoms with Gasteiger partial charge in [0.25, 0.3) is 0 Å². The molecular formula is C30H57BiO6. The Bertz CT molecular complexity index is 637. The molecule has 0 saturated heterocycles. The van der Waals surface area contributed by atoms with Crippen LogP contribution in [0.5, 0.6) is 0 Å². The predicted octanol–water partition coefficient (Wildman–Crippen LogP) is 3.95. The number of rotatable bonds is 6. The molecule has 6 nitrogen and oxygen atoms in total. The average Bonchev–Trinajstić information content (AvgIpc) is 2.62. The van der Waals surface area contributed by atoms with Gasteiger partial charge in [-0.15, -0.1) is 0 Å². The van der Waals surface area contributed by atoms with Crippen LogP contribution in [-0.2, 0) is 14.4 Å². The topological polar surface area (TPSA) is 120 Å². The Balaban J connectivity index is -0.000000218. The number of aliphatic carboxylic acids is 3. The molecule has 0 spiro atoms. The maximum absolute atomic E-state index is 11.0. The predicted molar refractivity (Wildman–Crippen MR) is 148 cm³/mol.